The highest BCUT2D eigenvalue weighted by molar-refractivity contribution is 6.00. The molecule has 3 aromatic rings. The van der Waals surface area contributed by atoms with Crippen molar-refractivity contribution in [3.05, 3.63) is 42.0 Å². The molecule has 0 unspecified atom stereocenters. The largest absolute Gasteiger partial charge is 0.391 e. The Labute approximate surface area is 190 Å². The smallest absolute Gasteiger partial charge is 0.255 e. The van der Waals surface area contributed by atoms with Crippen LogP contribution in [0, 0.1) is 11.3 Å². The van der Waals surface area contributed by atoms with Crippen LogP contribution in [-0.2, 0) is 0 Å². The maximum Gasteiger partial charge on any atom is 0.255 e. The summed E-state index contributed by atoms with van der Waals surface area (Å²) in [6.07, 6.45) is 4.08. The normalized spacial score (nSPS) is 13.4. The standard InChI is InChI=1S/C22H26FN7O3/c1-4-14(31)8-25-18-5-17(15-10-29-30-12-13(6-24)7-27-20(15)30)26-9-16(18)21(32)28-11-19(23)22(2,3)33/h5,7,9-10,12,14,19,31,33H,4,8,11H2,1-3H3,(H,25,26)(H,28,32)/t14-,19+/m0/s1. The Balaban J connectivity index is 1.93. The van der Waals surface area contributed by atoms with Crippen molar-refractivity contribution in [2.24, 2.45) is 0 Å². The van der Waals surface area contributed by atoms with Gasteiger partial charge in [-0.15, -0.1) is 0 Å². The van der Waals surface area contributed by atoms with Crippen molar-refractivity contribution in [1.82, 2.24) is 24.9 Å². The third-order valence-corrected chi connectivity index (χ3v) is 5.12. The number of nitrogens with zero attached hydrogens (tertiary/aromatic N) is 5. The van der Waals surface area contributed by atoms with Crippen LogP contribution in [-0.4, -0.2) is 66.7 Å². The SMILES string of the molecule is CC[C@H](O)CNc1cc(-c2cnn3cc(C#N)cnc23)ncc1C(=O)NC[C@@H](F)C(C)(C)O. The molecule has 3 aromatic heterocycles. The zero-order valence-corrected chi connectivity index (χ0v) is 18.6. The van der Waals surface area contributed by atoms with E-state index in [9.17, 15) is 19.4 Å². The van der Waals surface area contributed by atoms with E-state index in [1.807, 2.05) is 13.0 Å². The minimum Gasteiger partial charge on any atom is -0.391 e. The molecule has 0 saturated carbocycles. The number of carbonyl (C=O) groups is 1. The van der Waals surface area contributed by atoms with Gasteiger partial charge in [0.15, 0.2) is 5.65 Å². The average molecular weight is 455 g/mol. The second kappa shape index (κ2) is 9.89. The lowest BCUT2D eigenvalue weighted by Crippen LogP contribution is -2.42. The molecule has 0 fully saturated rings. The fourth-order valence-corrected chi connectivity index (χ4v) is 2.94. The van der Waals surface area contributed by atoms with Crippen LogP contribution in [0.3, 0.4) is 0 Å². The van der Waals surface area contributed by atoms with Gasteiger partial charge in [0.1, 0.15) is 12.2 Å². The van der Waals surface area contributed by atoms with E-state index >= 15 is 0 Å². The van der Waals surface area contributed by atoms with Gasteiger partial charge in [-0.1, -0.05) is 6.92 Å². The van der Waals surface area contributed by atoms with Gasteiger partial charge < -0.3 is 20.8 Å². The second-order valence-corrected chi connectivity index (χ2v) is 8.17. The summed E-state index contributed by atoms with van der Waals surface area (Å²) in [4.78, 5) is 21.4. The molecule has 0 aliphatic rings. The van der Waals surface area contributed by atoms with Crippen LogP contribution in [0.5, 0.6) is 0 Å². The first kappa shape index (κ1) is 24.0. The number of amides is 1. The van der Waals surface area contributed by atoms with Gasteiger partial charge in [0.2, 0.25) is 0 Å². The van der Waals surface area contributed by atoms with E-state index < -0.39 is 23.8 Å². The lowest BCUT2D eigenvalue weighted by molar-refractivity contribution is -0.00177. The van der Waals surface area contributed by atoms with E-state index in [1.165, 1.54) is 30.8 Å². The number of carbonyl (C=O) groups excluding carboxylic acids is 1. The van der Waals surface area contributed by atoms with E-state index in [4.69, 9.17) is 5.26 Å². The number of aliphatic hydroxyl groups is 2. The molecule has 0 radical (unpaired) electrons. The molecule has 4 N–H and O–H groups in total. The molecule has 3 rings (SSSR count). The number of anilines is 1. The van der Waals surface area contributed by atoms with Gasteiger partial charge in [-0.2, -0.15) is 10.4 Å². The lowest BCUT2D eigenvalue weighted by atomic mass is 10.0. The Morgan fingerprint density at radius 3 is 2.73 bits per heavy atom. The molecule has 0 aliphatic heterocycles. The molecule has 0 saturated heterocycles. The first-order valence-electron chi connectivity index (χ1n) is 10.4. The number of pyridine rings is 1. The number of hydrogen-bond acceptors (Lipinski definition) is 8. The summed E-state index contributed by atoms with van der Waals surface area (Å²) in [5, 5.41) is 38.5. The van der Waals surface area contributed by atoms with Gasteiger partial charge in [0.05, 0.1) is 58.7 Å². The Bertz CT molecular complexity index is 1180. The van der Waals surface area contributed by atoms with E-state index in [0.29, 0.717) is 34.6 Å². The van der Waals surface area contributed by atoms with Crippen molar-refractivity contribution in [2.75, 3.05) is 18.4 Å². The molecule has 11 heteroatoms. The summed E-state index contributed by atoms with van der Waals surface area (Å²) in [5.41, 5.74) is 0.819. The van der Waals surface area contributed by atoms with Gasteiger partial charge in [-0.3, -0.25) is 9.78 Å². The zero-order chi connectivity index (χ0) is 24.2. The molecule has 0 bridgehead atoms. The van der Waals surface area contributed by atoms with Crippen LogP contribution in [0.2, 0.25) is 0 Å². The van der Waals surface area contributed by atoms with Crippen molar-refractivity contribution in [2.45, 2.75) is 45.1 Å². The third kappa shape index (κ3) is 5.60. The molecule has 0 aliphatic carbocycles. The Morgan fingerprint density at radius 1 is 1.30 bits per heavy atom. The topological polar surface area (TPSA) is 148 Å². The van der Waals surface area contributed by atoms with Crippen LogP contribution in [0.1, 0.15) is 43.1 Å². The first-order chi connectivity index (χ1) is 15.6. The zero-order valence-electron chi connectivity index (χ0n) is 18.6. The number of rotatable bonds is 9. The van der Waals surface area contributed by atoms with Gasteiger partial charge in [0.25, 0.3) is 5.91 Å². The molecule has 0 aromatic carbocycles. The summed E-state index contributed by atoms with van der Waals surface area (Å²) in [5.74, 6) is -0.578. The summed E-state index contributed by atoms with van der Waals surface area (Å²) in [6.45, 7) is 4.29. The molecule has 0 spiro atoms. The monoisotopic (exact) mass is 455 g/mol. The summed E-state index contributed by atoms with van der Waals surface area (Å²) in [6, 6.07) is 3.62. The molecular weight excluding hydrogens is 429 g/mol. The maximum absolute atomic E-state index is 14.1. The predicted molar refractivity (Wildman–Crippen MR) is 119 cm³/mol. The average Bonchev–Trinajstić information content (AvgIpc) is 3.22. The van der Waals surface area contributed by atoms with Crippen LogP contribution in [0.25, 0.3) is 16.9 Å². The van der Waals surface area contributed by atoms with Crippen molar-refractivity contribution >= 4 is 17.2 Å². The fraction of sp³-hybridized carbons (Fsp3) is 0.409. The highest BCUT2D eigenvalue weighted by Gasteiger charge is 2.27. The van der Waals surface area contributed by atoms with E-state index in [-0.39, 0.29) is 18.7 Å². The number of alkyl halides is 1. The van der Waals surface area contributed by atoms with Crippen LogP contribution < -0.4 is 10.6 Å². The molecule has 3 heterocycles. The number of fused-ring (bicyclic) bond motifs is 1. The fourth-order valence-electron chi connectivity index (χ4n) is 2.94. The third-order valence-electron chi connectivity index (χ3n) is 5.12. The van der Waals surface area contributed by atoms with E-state index in [1.54, 1.807) is 18.5 Å². The number of aliphatic hydroxyl groups excluding tert-OH is 1. The first-order valence-corrected chi connectivity index (χ1v) is 10.4. The Morgan fingerprint density at radius 2 is 2.06 bits per heavy atom. The quantitative estimate of drug-likeness (QED) is 0.381. The predicted octanol–water partition coefficient (Wildman–Crippen LogP) is 1.68. The minimum atomic E-state index is -1.66. The molecule has 10 nitrogen and oxygen atoms in total. The minimum absolute atomic E-state index is 0.154. The highest BCUT2D eigenvalue weighted by Crippen LogP contribution is 2.26. The van der Waals surface area contributed by atoms with Gasteiger partial charge in [0, 0.05) is 18.9 Å². The van der Waals surface area contributed by atoms with Crippen LogP contribution in [0.4, 0.5) is 10.1 Å². The van der Waals surface area contributed by atoms with Gasteiger partial charge >= 0.3 is 0 Å². The van der Waals surface area contributed by atoms with Gasteiger partial charge in [-0.25, -0.2) is 13.9 Å². The molecule has 33 heavy (non-hydrogen) atoms. The number of aromatic nitrogens is 4. The van der Waals surface area contributed by atoms with Crippen molar-refractivity contribution in [3.8, 4) is 17.3 Å². The Hall–Kier alpha value is -3.62. The maximum atomic E-state index is 14.1. The number of nitrogens with one attached hydrogen (secondary N) is 2. The van der Waals surface area contributed by atoms with Crippen molar-refractivity contribution in [3.63, 3.8) is 0 Å². The van der Waals surface area contributed by atoms with Crippen molar-refractivity contribution in [1.29, 1.82) is 5.26 Å². The van der Waals surface area contributed by atoms with E-state index in [2.05, 4.69) is 25.7 Å². The number of nitriles is 1. The second-order valence-electron chi connectivity index (χ2n) is 8.17. The highest BCUT2D eigenvalue weighted by atomic mass is 19.1. The molecular formula is C22H26FN7O3. The summed E-state index contributed by atoms with van der Waals surface area (Å²) in [7, 11) is 0. The Kier molecular flexibility index (Phi) is 7.20. The number of hydrogen-bond donors (Lipinski definition) is 4. The molecule has 2 atom stereocenters. The van der Waals surface area contributed by atoms with Gasteiger partial charge in [-0.05, 0) is 26.3 Å². The van der Waals surface area contributed by atoms with Crippen molar-refractivity contribution < 1.29 is 19.4 Å². The van der Waals surface area contributed by atoms with Crippen LogP contribution in [0.15, 0.2) is 30.9 Å². The van der Waals surface area contributed by atoms with Crippen LogP contribution >= 0.6 is 0 Å². The molecule has 1 amide bonds. The summed E-state index contributed by atoms with van der Waals surface area (Å²) < 4.78 is 15.5. The van der Waals surface area contributed by atoms with E-state index in [0.717, 1.165) is 0 Å². The molecule has 174 valence electrons. The lowest BCUT2D eigenvalue weighted by Gasteiger charge is -2.22. The summed E-state index contributed by atoms with van der Waals surface area (Å²) >= 11 is 0. The number of halogens is 1.